The number of ether oxygens (including phenoxy) is 15. The van der Waals surface area contributed by atoms with Crippen LogP contribution in [0.2, 0.25) is 0 Å². The van der Waals surface area contributed by atoms with E-state index in [4.69, 9.17) is 84.6 Å². The molecular weight excluding hydrogens is 911 g/mol. The molecule has 0 radical (unpaired) electrons. The number of hydrogen-bond donors (Lipinski definition) is 0. The van der Waals surface area contributed by atoms with Crippen molar-refractivity contribution in [2.75, 3.05) is 42.7 Å². The second-order valence-corrected chi connectivity index (χ2v) is 19.0. The van der Waals surface area contributed by atoms with Gasteiger partial charge in [0.2, 0.25) is 0 Å². The van der Waals surface area contributed by atoms with E-state index in [1.54, 1.807) is 105 Å². The van der Waals surface area contributed by atoms with Gasteiger partial charge >= 0.3 is 7.82 Å². The quantitative estimate of drug-likeness (QED) is 0.0415. The summed E-state index contributed by atoms with van der Waals surface area (Å²) in [5, 5.41) is 0. The van der Waals surface area contributed by atoms with Crippen molar-refractivity contribution in [3.05, 3.63) is 0 Å². The molecule has 0 amide bonds. The monoisotopic (exact) mass is 1010 g/mol. The predicted octanol–water partition coefficient (Wildman–Crippen LogP) is 10.2. The Bertz CT molecular complexity index is 1130. The zero-order valence-electron chi connectivity index (χ0n) is 46.6. The molecule has 0 aliphatic carbocycles. The number of phosphoric ester groups is 1. The first-order valence-corrected chi connectivity index (χ1v) is 26.0. The van der Waals surface area contributed by atoms with E-state index in [1.807, 2.05) is 62.3 Å². The highest BCUT2D eigenvalue weighted by Gasteiger charge is 2.52. The lowest BCUT2D eigenvalue weighted by atomic mass is 9.86. The van der Waals surface area contributed by atoms with E-state index in [-0.39, 0.29) is 0 Å². The normalized spacial score (nSPS) is 22.9. The van der Waals surface area contributed by atoms with Gasteiger partial charge in [-0.15, -0.1) is 0 Å². The number of rotatable bonds is 42. The molecule has 68 heavy (non-hydrogen) atoms. The Labute approximate surface area is 411 Å². The summed E-state index contributed by atoms with van der Waals surface area (Å²) >= 11 is 0. The molecule has 0 aromatic carbocycles. The molecule has 0 aliphatic heterocycles. The second kappa shape index (κ2) is 33.4. The minimum Gasteiger partial charge on any atom is -0.356 e. The molecule has 0 fully saturated rings. The highest BCUT2D eigenvalue weighted by Crippen LogP contribution is 2.55. The van der Waals surface area contributed by atoms with Gasteiger partial charge in [-0.2, -0.15) is 0 Å². The summed E-state index contributed by atoms with van der Waals surface area (Å²) in [5.41, 5.74) is -3.66. The van der Waals surface area contributed by atoms with Crippen LogP contribution < -0.4 is 0 Å². The topological polar surface area (TPSA) is 183 Å². The average molecular weight is 1010 g/mol. The standard InChI is InChI=1S/C48H99O19P/c1-25-28-46(31(4)56-37(10)50-19,32(5)57-38(11)51-20)62-43(16)65-68(49,66-44(17)63-47(29-26-2,33(6)58-39(12)52-21)34(7)59-40(13)53-22)67-45(18)64-48(30-27-3,35(8)60-41(14)54-23)36(9)61-42(15)55-24/h31-45H,25-30H2,1-24H3. The Balaban J connectivity index is 7.89. The molecule has 0 saturated heterocycles. The van der Waals surface area contributed by atoms with Gasteiger partial charge in [0.25, 0.3) is 0 Å². The lowest BCUT2D eigenvalue weighted by molar-refractivity contribution is -0.310. The summed E-state index contributed by atoms with van der Waals surface area (Å²) in [5.74, 6) is 0. The van der Waals surface area contributed by atoms with Gasteiger partial charge in [-0.3, -0.25) is 13.6 Å². The zero-order valence-corrected chi connectivity index (χ0v) is 47.5. The van der Waals surface area contributed by atoms with Crippen LogP contribution in [0, 0.1) is 0 Å². The van der Waals surface area contributed by atoms with Gasteiger partial charge in [-0.1, -0.05) is 40.0 Å². The minimum atomic E-state index is -4.85. The molecule has 15 unspecified atom stereocenters. The lowest BCUT2D eigenvalue weighted by Gasteiger charge is -2.47. The van der Waals surface area contributed by atoms with Gasteiger partial charge in [0.15, 0.2) is 56.6 Å². The van der Waals surface area contributed by atoms with Gasteiger partial charge in [-0.05, 0) is 123 Å². The molecule has 20 heteroatoms. The summed E-state index contributed by atoms with van der Waals surface area (Å²) in [6.45, 7) is 32.6. The van der Waals surface area contributed by atoms with Crippen molar-refractivity contribution in [1.82, 2.24) is 0 Å². The Morgan fingerprint density at radius 3 is 0.603 bits per heavy atom. The summed E-state index contributed by atoms with van der Waals surface area (Å²) in [7, 11) is 4.44. The van der Waals surface area contributed by atoms with Crippen LogP contribution in [0.25, 0.3) is 0 Å². The second-order valence-electron chi connectivity index (χ2n) is 17.4. The maximum atomic E-state index is 15.7. The van der Waals surface area contributed by atoms with Crippen LogP contribution in [0.15, 0.2) is 0 Å². The molecule has 15 atom stereocenters. The third-order valence-corrected chi connectivity index (χ3v) is 14.1. The van der Waals surface area contributed by atoms with Crippen LogP contribution in [0.1, 0.15) is 163 Å². The highest BCUT2D eigenvalue weighted by molar-refractivity contribution is 7.48. The van der Waals surface area contributed by atoms with Gasteiger partial charge in [0.05, 0.1) is 36.6 Å². The molecule has 0 aromatic heterocycles. The van der Waals surface area contributed by atoms with Crippen molar-refractivity contribution >= 4 is 7.82 Å². The fourth-order valence-corrected chi connectivity index (χ4v) is 9.86. The van der Waals surface area contributed by atoms with E-state index in [9.17, 15) is 0 Å². The summed E-state index contributed by atoms with van der Waals surface area (Å²) < 4.78 is 126. The van der Waals surface area contributed by atoms with Gasteiger partial charge in [0.1, 0.15) is 16.8 Å². The first-order chi connectivity index (χ1) is 31.7. The van der Waals surface area contributed by atoms with E-state index in [0.29, 0.717) is 38.5 Å². The molecular formula is C48H99O19P. The van der Waals surface area contributed by atoms with Crippen LogP contribution >= 0.6 is 7.82 Å². The molecule has 410 valence electrons. The fraction of sp³-hybridized carbons (Fsp3) is 1.00. The lowest BCUT2D eigenvalue weighted by Crippen LogP contribution is -2.57. The molecule has 19 nitrogen and oxygen atoms in total. The molecule has 0 aliphatic rings. The van der Waals surface area contributed by atoms with E-state index in [1.165, 1.54) is 0 Å². The largest absolute Gasteiger partial charge is 0.481 e. The Hall–Kier alpha value is -0.490. The van der Waals surface area contributed by atoms with E-state index < -0.39 is 118 Å². The minimum absolute atomic E-state index is 0.422. The van der Waals surface area contributed by atoms with Gasteiger partial charge in [-0.25, -0.2) is 4.57 Å². The van der Waals surface area contributed by atoms with Crippen molar-refractivity contribution in [2.24, 2.45) is 0 Å². The Morgan fingerprint density at radius 2 is 0.471 bits per heavy atom. The molecule has 0 spiro atoms. The van der Waals surface area contributed by atoms with E-state index >= 15 is 4.57 Å². The van der Waals surface area contributed by atoms with Crippen molar-refractivity contribution in [3.63, 3.8) is 0 Å². The van der Waals surface area contributed by atoms with Crippen molar-refractivity contribution in [2.45, 2.75) is 273 Å². The first-order valence-electron chi connectivity index (χ1n) is 24.5. The molecule has 0 rings (SSSR count). The van der Waals surface area contributed by atoms with Crippen molar-refractivity contribution < 1.29 is 89.2 Å². The molecule has 0 bridgehead atoms. The third kappa shape index (κ3) is 21.2. The maximum Gasteiger partial charge on any atom is 0.481 e. The first kappa shape index (κ1) is 67.5. The molecule has 0 aromatic rings. The summed E-state index contributed by atoms with van der Waals surface area (Å²) in [4.78, 5) is 0. The molecule has 0 N–H and O–H groups in total. The number of hydrogen-bond acceptors (Lipinski definition) is 19. The summed E-state index contributed by atoms with van der Waals surface area (Å²) in [6.07, 6.45) is -8.30. The number of methoxy groups -OCH3 is 6. The Kier molecular flexibility index (Phi) is 33.1. The predicted molar refractivity (Wildman–Crippen MR) is 258 cm³/mol. The van der Waals surface area contributed by atoms with Gasteiger partial charge in [0, 0.05) is 42.7 Å². The number of phosphoric acid groups is 1. The molecule has 0 heterocycles. The SMILES string of the molecule is CCCC(OC(C)OP(=O)(OC(C)OC(CCC)(C(C)OC(C)OC)C(C)OC(C)OC)OC(C)OC(CCC)(C(C)OC(C)OC)C(C)OC(C)OC)(C(C)OC(C)OC)C(C)OC(C)OC. The van der Waals surface area contributed by atoms with Gasteiger partial charge < -0.3 is 71.1 Å². The zero-order chi connectivity index (χ0) is 52.6. The van der Waals surface area contributed by atoms with Crippen LogP contribution in [-0.2, 0) is 89.2 Å². The van der Waals surface area contributed by atoms with Crippen LogP contribution in [0.3, 0.4) is 0 Å². The fourth-order valence-electron chi connectivity index (χ4n) is 8.50. The van der Waals surface area contributed by atoms with Crippen LogP contribution in [0.4, 0.5) is 0 Å². The van der Waals surface area contributed by atoms with Crippen LogP contribution in [-0.4, -0.2) is 153 Å². The van der Waals surface area contributed by atoms with Crippen molar-refractivity contribution in [3.8, 4) is 0 Å². The van der Waals surface area contributed by atoms with E-state index in [2.05, 4.69) is 0 Å². The summed E-state index contributed by atoms with van der Waals surface area (Å²) in [6, 6.07) is 0. The van der Waals surface area contributed by atoms with E-state index in [0.717, 1.165) is 0 Å². The third-order valence-electron chi connectivity index (χ3n) is 12.4. The highest BCUT2D eigenvalue weighted by atomic mass is 31.2. The van der Waals surface area contributed by atoms with Crippen LogP contribution in [0.5, 0.6) is 0 Å². The average Bonchev–Trinajstić information content (AvgIpc) is 3.27. The van der Waals surface area contributed by atoms with Crippen molar-refractivity contribution in [1.29, 1.82) is 0 Å². The molecule has 0 saturated carbocycles. The Morgan fingerprint density at radius 1 is 0.309 bits per heavy atom. The maximum absolute atomic E-state index is 15.7. The smallest absolute Gasteiger partial charge is 0.356 e.